The summed E-state index contributed by atoms with van der Waals surface area (Å²) in [5.74, 6) is -1.22. The number of benzene rings is 1. The molecular formula is C13H8ClF3N2O2. The number of carboxylic acid groups (broad SMARTS) is 1. The average molecular weight is 317 g/mol. The van der Waals surface area contributed by atoms with Crippen LogP contribution in [-0.4, -0.2) is 16.1 Å². The van der Waals surface area contributed by atoms with Gasteiger partial charge in [-0.15, -0.1) is 0 Å². The zero-order valence-electron chi connectivity index (χ0n) is 10.3. The van der Waals surface area contributed by atoms with Crippen molar-refractivity contribution in [1.82, 2.24) is 4.98 Å². The topological polar surface area (TPSA) is 62.2 Å². The van der Waals surface area contributed by atoms with Gasteiger partial charge in [-0.25, -0.2) is 9.78 Å². The van der Waals surface area contributed by atoms with Crippen molar-refractivity contribution in [1.29, 1.82) is 0 Å². The molecule has 1 aromatic heterocycles. The molecule has 1 heterocycles. The fourth-order valence-electron chi connectivity index (χ4n) is 1.59. The molecule has 8 heteroatoms. The molecule has 0 unspecified atom stereocenters. The quantitative estimate of drug-likeness (QED) is 0.891. The molecule has 4 nitrogen and oxygen atoms in total. The molecule has 0 spiro atoms. The maximum Gasteiger partial charge on any atom is 0.416 e. The van der Waals surface area contributed by atoms with Gasteiger partial charge in [-0.2, -0.15) is 13.2 Å². The lowest BCUT2D eigenvalue weighted by Gasteiger charge is -2.10. The highest BCUT2D eigenvalue weighted by molar-refractivity contribution is 6.33. The zero-order valence-corrected chi connectivity index (χ0v) is 11.0. The molecule has 0 atom stereocenters. The molecule has 0 saturated heterocycles. The molecule has 2 rings (SSSR count). The first-order valence-electron chi connectivity index (χ1n) is 5.60. The fourth-order valence-corrected chi connectivity index (χ4v) is 1.85. The minimum Gasteiger partial charge on any atom is -0.478 e. The maximum absolute atomic E-state index is 12.6. The van der Waals surface area contributed by atoms with Gasteiger partial charge < -0.3 is 10.4 Å². The van der Waals surface area contributed by atoms with Crippen LogP contribution in [0.1, 0.15) is 15.9 Å². The molecule has 0 radical (unpaired) electrons. The van der Waals surface area contributed by atoms with Crippen molar-refractivity contribution in [3.05, 3.63) is 52.7 Å². The van der Waals surface area contributed by atoms with Crippen LogP contribution >= 0.6 is 11.6 Å². The first kappa shape index (κ1) is 15.1. The number of anilines is 2. The van der Waals surface area contributed by atoms with E-state index in [0.29, 0.717) is 5.69 Å². The van der Waals surface area contributed by atoms with E-state index in [9.17, 15) is 18.0 Å². The number of aromatic carboxylic acids is 1. The molecule has 2 N–H and O–H groups in total. The lowest BCUT2D eigenvalue weighted by Crippen LogP contribution is -2.06. The van der Waals surface area contributed by atoms with Crippen molar-refractivity contribution in [3.8, 4) is 0 Å². The predicted octanol–water partition coefficient (Wildman–Crippen LogP) is 4.20. The van der Waals surface area contributed by atoms with Crippen molar-refractivity contribution in [2.45, 2.75) is 6.18 Å². The van der Waals surface area contributed by atoms with Crippen LogP contribution in [0.5, 0.6) is 0 Å². The second-order valence-electron chi connectivity index (χ2n) is 4.05. The van der Waals surface area contributed by atoms with Gasteiger partial charge in [0.2, 0.25) is 0 Å². The van der Waals surface area contributed by atoms with E-state index >= 15 is 0 Å². The molecule has 0 bridgehead atoms. The SMILES string of the molecule is O=C(O)c1ccc(Nc2cc(C(F)(F)F)ccn2)cc1Cl. The number of alkyl halides is 3. The first-order chi connectivity index (χ1) is 9.77. The highest BCUT2D eigenvalue weighted by Gasteiger charge is 2.30. The summed E-state index contributed by atoms with van der Waals surface area (Å²) >= 11 is 5.77. The Kier molecular flexibility index (Phi) is 4.04. The third kappa shape index (κ3) is 3.63. The number of carbonyl (C=O) groups is 1. The van der Waals surface area contributed by atoms with E-state index < -0.39 is 17.7 Å². The monoisotopic (exact) mass is 316 g/mol. The van der Waals surface area contributed by atoms with Crippen LogP contribution in [0.25, 0.3) is 0 Å². The molecule has 21 heavy (non-hydrogen) atoms. The van der Waals surface area contributed by atoms with Crippen LogP contribution in [0.15, 0.2) is 36.5 Å². The second-order valence-corrected chi connectivity index (χ2v) is 4.46. The minimum atomic E-state index is -4.47. The molecule has 2 aromatic rings. The number of nitrogens with zero attached hydrogens (tertiary/aromatic N) is 1. The minimum absolute atomic E-state index is 0.0241. The Morgan fingerprint density at radius 1 is 1.24 bits per heavy atom. The van der Waals surface area contributed by atoms with Gasteiger partial charge in [0.1, 0.15) is 5.82 Å². The standard InChI is InChI=1S/C13H8ClF3N2O2/c14-10-6-8(1-2-9(10)12(20)21)19-11-5-7(3-4-18-11)13(15,16)17/h1-6H,(H,18,19)(H,20,21). The van der Waals surface area contributed by atoms with Crippen LogP contribution in [-0.2, 0) is 6.18 Å². The Bertz CT molecular complexity index is 689. The van der Waals surface area contributed by atoms with Crippen LogP contribution in [0.4, 0.5) is 24.7 Å². The Morgan fingerprint density at radius 2 is 1.95 bits per heavy atom. The summed E-state index contributed by atoms with van der Waals surface area (Å²) in [5, 5.41) is 11.4. The van der Waals surface area contributed by atoms with Crippen LogP contribution in [0, 0.1) is 0 Å². The summed E-state index contributed by atoms with van der Waals surface area (Å²) in [5.41, 5.74) is -0.607. The summed E-state index contributed by atoms with van der Waals surface area (Å²) in [6.45, 7) is 0. The fraction of sp³-hybridized carbons (Fsp3) is 0.0769. The number of halogens is 4. The van der Waals surface area contributed by atoms with E-state index in [-0.39, 0.29) is 16.4 Å². The van der Waals surface area contributed by atoms with E-state index in [1.165, 1.54) is 18.2 Å². The number of pyridine rings is 1. The third-order valence-electron chi connectivity index (χ3n) is 2.56. The summed E-state index contributed by atoms with van der Waals surface area (Å²) in [6.07, 6.45) is -3.44. The van der Waals surface area contributed by atoms with Crippen molar-refractivity contribution >= 4 is 29.1 Å². The Hall–Kier alpha value is -2.28. The van der Waals surface area contributed by atoms with Crippen molar-refractivity contribution in [3.63, 3.8) is 0 Å². The largest absolute Gasteiger partial charge is 0.478 e. The Morgan fingerprint density at radius 3 is 2.52 bits per heavy atom. The number of nitrogens with one attached hydrogen (secondary N) is 1. The molecule has 0 aliphatic heterocycles. The summed E-state index contributed by atoms with van der Waals surface area (Å²) < 4.78 is 37.7. The smallest absolute Gasteiger partial charge is 0.416 e. The van der Waals surface area contributed by atoms with Gasteiger partial charge in [0.15, 0.2) is 0 Å². The van der Waals surface area contributed by atoms with Crippen LogP contribution in [0.3, 0.4) is 0 Å². The number of aromatic nitrogens is 1. The molecule has 0 aliphatic rings. The molecule has 0 amide bonds. The van der Waals surface area contributed by atoms with Gasteiger partial charge in [-0.3, -0.25) is 0 Å². The average Bonchev–Trinajstić information content (AvgIpc) is 2.37. The van der Waals surface area contributed by atoms with E-state index in [0.717, 1.165) is 18.3 Å². The van der Waals surface area contributed by atoms with E-state index in [4.69, 9.17) is 16.7 Å². The van der Waals surface area contributed by atoms with Crippen LogP contribution in [0.2, 0.25) is 5.02 Å². The van der Waals surface area contributed by atoms with Gasteiger partial charge in [-0.1, -0.05) is 11.6 Å². The van der Waals surface area contributed by atoms with Gasteiger partial charge >= 0.3 is 12.1 Å². The van der Waals surface area contributed by atoms with Crippen molar-refractivity contribution in [2.75, 3.05) is 5.32 Å². The highest BCUT2D eigenvalue weighted by atomic mass is 35.5. The lowest BCUT2D eigenvalue weighted by atomic mass is 10.2. The normalized spacial score (nSPS) is 11.2. The van der Waals surface area contributed by atoms with Gasteiger partial charge in [0, 0.05) is 11.9 Å². The number of carboxylic acids is 1. The molecule has 1 aromatic carbocycles. The maximum atomic E-state index is 12.6. The van der Waals surface area contributed by atoms with E-state index in [2.05, 4.69) is 10.3 Å². The zero-order chi connectivity index (χ0) is 15.6. The summed E-state index contributed by atoms with van der Waals surface area (Å²) in [6, 6.07) is 5.63. The Balaban J connectivity index is 2.27. The second kappa shape index (κ2) is 5.61. The molecular weight excluding hydrogens is 309 g/mol. The lowest BCUT2D eigenvalue weighted by molar-refractivity contribution is -0.137. The molecule has 0 fully saturated rings. The third-order valence-corrected chi connectivity index (χ3v) is 2.87. The predicted molar refractivity (Wildman–Crippen MR) is 70.9 cm³/mol. The molecule has 0 aliphatic carbocycles. The van der Waals surface area contributed by atoms with Gasteiger partial charge in [0.05, 0.1) is 16.1 Å². The number of hydrogen-bond donors (Lipinski definition) is 2. The highest BCUT2D eigenvalue weighted by Crippen LogP contribution is 2.31. The summed E-state index contributed by atoms with van der Waals surface area (Å²) in [4.78, 5) is 14.6. The van der Waals surface area contributed by atoms with Crippen molar-refractivity contribution in [2.24, 2.45) is 0 Å². The van der Waals surface area contributed by atoms with Crippen LogP contribution < -0.4 is 5.32 Å². The van der Waals surface area contributed by atoms with Crippen molar-refractivity contribution < 1.29 is 23.1 Å². The van der Waals surface area contributed by atoms with Gasteiger partial charge in [0.25, 0.3) is 0 Å². The van der Waals surface area contributed by atoms with E-state index in [1.54, 1.807) is 0 Å². The number of hydrogen-bond acceptors (Lipinski definition) is 3. The first-order valence-corrected chi connectivity index (χ1v) is 5.98. The Labute approximate surface area is 122 Å². The number of rotatable bonds is 3. The molecule has 110 valence electrons. The van der Waals surface area contributed by atoms with Gasteiger partial charge in [-0.05, 0) is 30.3 Å². The molecule has 0 saturated carbocycles. The summed E-state index contributed by atoms with van der Waals surface area (Å²) in [7, 11) is 0. The van der Waals surface area contributed by atoms with E-state index in [1.807, 2.05) is 0 Å².